The standard InChI is InChI=1S/C22H17F3N4O2/c1-28(22(31)11-4-13-5-12(23)2-3-29(13)10-11)19-9-26-8-18-20(19)14-6-16(24)17(25)7-15(14)21(30)27-18/h2-7,10,19,26H,8-9H2,1H3,(H,27,30)/t19-/m0/s1. The molecule has 9 heteroatoms. The zero-order valence-corrected chi connectivity index (χ0v) is 16.4. The molecular formula is C22H17F3N4O2. The van der Waals surface area contributed by atoms with Crippen LogP contribution < -0.4 is 10.9 Å². The first-order valence-electron chi connectivity index (χ1n) is 9.62. The number of carbonyl (C=O) groups excluding carboxylic acids is 1. The summed E-state index contributed by atoms with van der Waals surface area (Å²) in [4.78, 5) is 29.8. The minimum atomic E-state index is -1.11. The third kappa shape index (κ3) is 3.09. The van der Waals surface area contributed by atoms with Crippen molar-refractivity contribution in [3.05, 3.63) is 87.4 Å². The van der Waals surface area contributed by atoms with E-state index >= 15 is 0 Å². The van der Waals surface area contributed by atoms with Crippen LogP contribution in [-0.2, 0) is 6.54 Å². The van der Waals surface area contributed by atoms with Crippen molar-refractivity contribution in [2.45, 2.75) is 12.6 Å². The van der Waals surface area contributed by atoms with E-state index in [2.05, 4.69) is 10.3 Å². The molecule has 0 spiro atoms. The topological polar surface area (TPSA) is 69.6 Å². The fourth-order valence-corrected chi connectivity index (χ4v) is 4.22. The molecule has 0 bridgehead atoms. The third-order valence-corrected chi connectivity index (χ3v) is 5.75. The first kappa shape index (κ1) is 19.4. The molecule has 1 atom stereocenters. The summed E-state index contributed by atoms with van der Waals surface area (Å²) < 4.78 is 42.9. The maximum absolute atomic E-state index is 14.0. The van der Waals surface area contributed by atoms with Gasteiger partial charge in [0.25, 0.3) is 11.5 Å². The van der Waals surface area contributed by atoms with Gasteiger partial charge in [0.1, 0.15) is 5.82 Å². The molecule has 31 heavy (non-hydrogen) atoms. The van der Waals surface area contributed by atoms with Crippen LogP contribution in [0.1, 0.15) is 27.7 Å². The lowest BCUT2D eigenvalue weighted by molar-refractivity contribution is 0.0723. The van der Waals surface area contributed by atoms with Gasteiger partial charge in [0.05, 0.1) is 17.0 Å². The van der Waals surface area contributed by atoms with Gasteiger partial charge in [-0.15, -0.1) is 0 Å². The van der Waals surface area contributed by atoms with Gasteiger partial charge in [0.15, 0.2) is 11.6 Å². The summed E-state index contributed by atoms with van der Waals surface area (Å²) in [6, 6.07) is 5.54. The molecule has 1 aliphatic heterocycles. The summed E-state index contributed by atoms with van der Waals surface area (Å²) >= 11 is 0. The highest BCUT2D eigenvalue weighted by atomic mass is 19.2. The Morgan fingerprint density at radius 3 is 2.65 bits per heavy atom. The number of likely N-dealkylation sites (N-methyl/N-ethyl adjacent to an activating group) is 1. The number of nitrogens with one attached hydrogen (secondary N) is 2. The highest BCUT2D eigenvalue weighted by Gasteiger charge is 2.31. The van der Waals surface area contributed by atoms with Crippen LogP contribution in [0, 0.1) is 17.5 Å². The Bertz CT molecular complexity index is 1430. The van der Waals surface area contributed by atoms with E-state index in [1.165, 1.54) is 23.2 Å². The Hall–Kier alpha value is -3.59. The predicted octanol–water partition coefficient (Wildman–Crippen LogP) is 3.11. The molecule has 4 heterocycles. The first-order chi connectivity index (χ1) is 14.8. The van der Waals surface area contributed by atoms with Gasteiger partial charge in [0.2, 0.25) is 0 Å². The lowest BCUT2D eigenvalue weighted by Gasteiger charge is -2.34. The molecule has 5 rings (SSSR count). The number of amides is 1. The normalized spacial score (nSPS) is 15.9. The molecular weight excluding hydrogens is 409 g/mol. The lowest BCUT2D eigenvalue weighted by atomic mass is 9.93. The first-order valence-corrected chi connectivity index (χ1v) is 9.62. The molecule has 1 aromatic carbocycles. The van der Waals surface area contributed by atoms with Crippen LogP contribution in [0.3, 0.4) is 0 Å². The van der Waals surface area contributed by atoms with Crippen LogP contribution in [0.5, 0.6) is 0 Å². The van der Waals surface area contributed by atoms with E-state index in [0.717, 1.165) is 12.1 Å². The number of pyridine rings is 2. The molecule has 0 aliphatic carbocycles. The van der Waals surface area contributed by atoms with Gasteiger partial charge in [-0.3, -0.25) is 9.59 Å². The van der Waals surface area contributed by atoms with Crippen LogP contribution in [0.4, 0.5) is 13.2 Å². The zero-order valence-electron chi connectivity index (χ0n) is 16.4. The Morgan fingerprint density at radius 2 is 1.87 bits per heavy atom. The van der Waals surface area contributed by atoms with Crippen molar-refractivity contribution in [3.63, 3.8) is 0 Å². The quantitative estimate of drug-likeness (QED) is 0.518. The largest absolute Gasteiger partial charge is 0.333 e. The Kier molecular flexibility index (Phi) is 4.37. The smallest absolute Gasteiger partial charge is 0.256 e. The van der Waals surface area contributed by atoms with Crippen molar-refractivity contribution in [3.8, 4) is 0 Å². The van der Waals surface area contributed by atoms with Gasteiger partial charge < -0.3 is 19.6 Å². The van der Waals surface area contributed by atoms with Crippen LogP contribution in [0.2, 0.25) is 0 Å². The van der Waals surface area contributed by atoms with Crippen molar-refractivity contribution in [2.24, 2.45) is 0 Å². The molecule has 0 radical (unpaired) electrons. The van der Waals surface area contributed by atoms with Crippen molar-refractivity contribution in [1.82, 2.24) is 19.6 Å². The summed E-state index contributed by atoms with van der Waals surface area (Å²) in [5.41, 5.74) is 1.45. The van der Waals surface area contributed by atoms with Crippen molar-refractivity contribution < 1.29 is 18.0 Å². The minimum Gasteiger partial charge on any atom is -0.333 e. The summed E-state index contributed by atoms with van der Waals surface area (Å²) in [6.45, 7) is 0.685. The molecule has 0 unspecified atom stereocenters. The van der Waals surface area contributed by atoms with E-state index in [-0.39, 0.29) is 16.7 Å². The summed E-state index contributed by atoms with van der Waals surface area (Å²) in [5.74, 6) is -2.91. The molecule has 1 aliphatic rings. The van der Waals surface area contributed by atoms with Gasteiger partial charge in [-0.2, -0.15) is 0 Å². The number of nitrogens with zero attached hydrogens (tertiary/aromatic N) is 2. The average molecular weight is 426 g/mol. The van der Waals surface area contributed by atoms with Gasteiger partial charge >= 0.3 is 0 Å². The maximum atomic E-state index is 14.0. The molecule has 0 fully saturated rings. The summed E-state index contributed by atoms with van der Waals surface area (Å²) in [5, 5.41) is 3.44. The van der Waals surface area contributed by atoms with Gasteiger partial charge in [0, 0.05) is 49.3 Å². The van der Waals surface area contributed by atoms with Crippen molar-refractivity contribution in [1.29, 1.82) is 0 Å². The molecule has 2 N–H and O–H groups in total. The molecule has 0 saturated carbocycles. The number of fused-ring (bicyclic) bond motifs is 4. The number of H-pyrrole nitrogens is 1. The van der Waals surface area contributed by atoms with E-state index < -0.39 is 29.1 Å². The Morgan fingerprint density at radius 1 is 1.13 bits per heavy atom. The SMILES string of the molecule is CN(C(=O)c1cc2cc(F)ccn2c1)[C@H]1CNCc2[nH]c(=O)c3cc(F)c(F)cc3c21. The number of carbonyl (C=O) groups is 1. The van der Waals surface area contributed by atoms with Crippen LogP contribution in [-0.4, -0.2) is 33.8 Å². The Balaban J connectivity index is 1.61. The fourth-order valence-electron chi connectivity index (χ4n) is 4.22. The van der Waals surface area contributed by atoms with E-state index in [1.807, 2.05) is 0 Å². The minimum absolute atomic E-state index is 0.0236. The summed E-state index contributed by atoms with van der Waals surface area (Å²) in [7, 11) is 1.60. The van der Waals surface area contributed by atoms with Crippen LogP contribution in [0.25, 0.3) is 16.3 Å². The third-order valence-electron chi connectivity index (χ3n) is 5.75. The second-order valence-electron chi connectivity index (χ2n) is 7.63. The van der Waals surface area contributed by atoms with Gasteiger partial charge in [-0.05, 0) is 35.7 Å². The number of aromatic amines is 1. The van der Waals surface area contributed by atoms with Gasteiger partial charge in [-0.25, -0.2) is 13.2 Å². The summed E-state index contributed by atoms with van der Waals surface area (Å²) in [6.07, 6.45) is 3.12. The number of hydrogen-bond donors (Lipinski definition) is 2. The van der Waals surface area contributed by atoms with E-state index in [1.54, 1.807) is 23.7 Å². The van der Waals surface area contributed by atoms with E-state index in [0.29, 0.717) is 35.4 Å². The zero-order chi connectivity index (χ0) is 21.9. The van der Waals surface area contributed by atoms with Crippen molar-refractivity contribution >= 4 is 22.2 Å². The number of aromatic nitrogens is 2. The molecule has 0 saturated heterocycles. The number of benzene rings is 1. The predicted molar refractivity (Wildman–Crippen MR) is 108 cm³/mol. The van der Waals surface area contributed by atoms with Crippen LogP contribution in [0.15, 0.2) is 47.5 Å². The van der Waals surface area contributed by atoms with Gasteiger partial charge in [-0.1, -0.05) is 0 Å². The highest BCUT2D eigenvalue weighted by molar-refractivity contribution is 5.96. The average Bonchev–Trinajstić information content (AvgIpc) is 3.17. The van der Waals surface area contributed by atoms with E-state index in [9.17, 15) is 22.8 Å². The number of halogens is 3. The van der Waals surface area contributed by atoms with Crippen LogP contribution >= 0.6 is 0 Å². The monoisotopic (exact) mass is 426 g/mol. The molecule has 3 aromatic heterocycles. The van der Waals surface area contributed by atoms with Crippen molar-refractivity contribution in [2.75, 3.05) is 13.6 Å². The number of rotatable bonds is 2. The second-order valence-corrected chi connectivity index (χ2v) is 7.63. The highest BCUT2D eigenvalue weighted by Crippen LogP contribution is 2.32. The Labute approximate surface area is 173 Å². The molecule has 158 valence electrons. The van der Waals surface area contributed by atoms with E-state index in [4.69, 9.17) is 0 Å². The molecule has 6 nitrogen and oxygen atoms in total. The molecule has 1 amide bonds. The maximum Gasteiger partial charge on any atom is 0.256 e. The number of hydrogen-bond acceptors (Lipinski definition) is 3. The second kappa shape index (κ2) is 6.98. The lowest BCUT2D eigenvalue weighted by Crippen LogP contribution is -2.42. The molecule has 4 aromatic rings. The fraction of sp³-hybridized carbons (Fsp3) is 0.182.